The summed E-state index contributed by atoms with van der Waals surface area (Å²) in [6.07, 6.45) is -4.46. The molecule has 1 unspecified atom stereocenters. The van der Waals surface area contributed by atoms with Crippen molar-refractivity contribution in [2.45, 2.75) is 45.1 Å². The van der Waals surface area contributed by atoms with Crippen molar-refractivity contribution >= 4 is 23.5 Å². The van der Waals surface area contributed by atoms with Gasteiger partial charge in [-0.3, -0.25) is 14.5 Å². The fourth-order valence-electron chi connectivity index (χ4n) is 3.46. The topological polar surface area (TPSA) is 70.2 Å². The van der Waals surface area contributed by atoms with Crippen LogP contribution in [-0.2, 0) is 9.59 Å². The Morgan fingerprint density at radius 3 is 2.14 bits per heavy atom. The molecule has 3 rings (SSSR count). The van der Waals surface area contributed by atoms with Gasteiger partial charge in [0.1, 0.15) is 18.3 Å². The van der Waals surface area contributed by atoms with Gasteiger partial charge in [0.25, 0.3) is 5.91 Å². The number of hydrogen-bond acceptors (Lipinski definition) is 4. The van der Waals surface area contributed by atoms with Crippen LogP contribution < -0.4 is 9.64 Å². The number of benzene rings is 1. The second-order valence-electron chi connectivity index (χ2n) is 7.65. The molecule has 1 aromatic carbocycles. The second-order valence-corrected chi connectivity index (χ2v) is 7.65. The number of halogens is 3. The van der Waals surface area contributed by atoms with E-state index in [9.17, 15) is 27.6 Å². The van der Waals surface area contributed by atoms with E-state index < -0.39 is 24.0 Å². The monoisotopic (exact) mass is 399 g/mol. The minimum atomic E-state index is -4.79. The summed E-state index contributed by atoms with van der Waals surface area (Å²) in [4.78, 5) is 41.5. The van der Waals surface area contributed by atoms with E-state index in [0.717, 1.165) is 17.0 Å². The Morgan fingerprint density at radius 2 is 1.64 bits per heavy atom. The predicted molar refractivity (Wildman–Crippen MR) is 92.6 cm³/mol. The highest BCUT2D eigenvalue weighted by atomic mass is 19.4. The number of rotatable bonds is 3. The fourth-order valence-corrected chi connectivity index (χ4v) is 3.46. The van der Waals surface area contributed by atoms with Crippen molar-refractivity contribution < 1.29 is 32.3 Å². The van der Waals surface area contributed by atoms with Crippen molar-refractivity contribution in [3.63, 3.8) is 0 Å². The van der Waals surface area contributed by atoms with Gasteiger partial charge in [-0.05, 0) is 51.5 Å². The van der Waals surface area contributed by atoms with E-state index in [-0.39, 0.29) is 30.7 Å². The Hall–Kier alpha value is -2.78. The summed E-state index contributed by atoms with van der Waals surface area (Å²) in [5.74, 6) is -1.13. The molecular formula is C18H20F3N3O4. The van der Waals surface area contributed by atoms with Gasteiger partial charge in [0.2, 0.25) is 5.91 Å². The minimum Gasteiger partial charge on any atom is -0.406 e. The Kier molecular flexibility index (Phi) is 4.76. The average molecular weight is 399 g/mol. The molecule has 2 fully saturated rings. The van der Waals surface area contributed by atoms with Gasteiger partial charge in [0.05, 0.1) is 0 Å². The first-order valence-electron chi connectivity index (χ1n) is 8.69. The largest absolute Gasteiger partial charge is 0.573 e. The molecule has 0 bridgehead atoms. The van der Waals surface area contributed by atoms with Gasteiger partial charge in [0, 0.05) is 17.8 Å². The van der Waals surface area contributed by atoms with E-state index in [2.05, 4.69) is 4.74 Å². The summed E-state index contributed by atoms with van der Waals surface area (Å²) in [6, 6.07) is 3.64. The molecule has 28 heavy (non-hydrogen) atoms. The van der Waals surface area contributed by atoms with Crippen LogP contribution in [0.1, 0.15) is 27.2 Å². The molecule has 0 N–H and O–H groups in total. The lowest BCUT2D eigenvalue weighted by molar-refractivity contribution is -0.274. The Labute approximate surface area is 159 Å². The number of nitrogens with zero attached hydrogens (tertiary/aromatic N) is 3. The van der Waals surface area contributed by atoms with E-state index in [1.165, 1.54) is 21.9 Å². The maximum atomic E-state index is 12.8. The van der Waals surface area contributed by atoms with E-state index >= 15 is 0 Å². The molecule has 2 saturated heterocycles. The number of carbonyl (C=O) groups excluding carboxylic acids is 3. The zero-order valence-corrected chi connectivity index (χ0v) is 15.6. The first kappa shape index (κ1) is 20.0. The van der Waals surface area contributed by atoms with E-state index in [1.54, 1.807) is 20.8 Å². The summed E-state index contributed by atoms with van der Waals surface area (Å²) >= 11 is 0. The molecular weight excluding hydrogens is 379 g/mol. The van der Waals surface area contributed by atoms with Crippen LogP contribution in [-0.4, -0.2) is 58.7 Å². The van der Waals surface area contributed by atoms with Crippen LogP contribution in [0.3, 0.4) is 0 Å². The van der Waals surface area contributed by atoms with Crippen LogP contribution in [0.2, 0.25) is 0 Å². The fraction of sp³-hybridized carbons (Fsp3) is 0.500. The number of hydrogen-bond donors (Lipinski definition) is 0. The number of carbonyl (C=O) groups is 3. The number of ether oxygens (including phenoxy) is 1. The number of imide groups is 1. The third kappa shape index (κ3) is 3.76. The first-order chi connectivity index (χ1) is 12.9. The SMILES string of the molecule is CC(C)(C)N1C(=O)CN(C2CCN(c3ccc(OC(F)(F)F)cc3)C2=O)C1=O. The van der Waals surface area contributed by atoms with Crippen LogP contribution in [0, 0.1) is 0 Å². The van der Waals surface area contributed by atoms with Crippen LogP contribution in [0.4, 0.5) is 23.7 Å². The molecule has 1 aromatic rings. The zero-order chi connectivity index (χ0) is 20.9. The third-order valence-corrected chi connectivity index (χ3v) is 4.60. The van der Waals surface area contributed by atoms with Crippen molar-refractivity contribution in [2.24, 2.45) is 0 Å². The zero-order valence-electron chi connectivity index (χ0n) is 15.6. The maximum Gasteiger partial charge on any atom is 0.573 e. The maximum absolute atomic E-state index is 12.8. The quantitative estimate of drug-likeness (QED) is 0.733. The molecule has 2 heterocycles. The smallest absolute Gasteiger partial charge is 0.406 e. The first-order valence-corrected chi connectivity index (χ1v) is 8.69. The van der Waals surface area contributed by atoms with Crippen LogP contribution in [0.5, 0.6) is 5.75 Å². The van der Waals surface area contributed by atoms with Gasteiger partial charge in [-0.15, -0.1) is 13.2 Å². The molecule has 0 aliphatic carbocycles. The van der Waals surface area contributed by atoms with E-state index in [0.29, 0.717) is 12.1 Å². The lowest BCUT2D eigenvalue weighted by Crippen LogP contribution is -2.49. The van der Waals surface area contributed by atoms with Gasteiger partial charge in [-0.2, -0.15) is 0 Å². The van der Waals surface area contributed by atoms with Crippen LogP contribution in [0.25, 0.3) is 0 Å². The lowest BCUT2D eigenvalue weighted by Gasteiger charge is -2.30. The van der Waals surface area contributed by atoms with Crippen molar-refractivity contribution in [3.8, 4) is 5.75 Å². The number of amides is 4. The summed E-state index contributed by atoms with van der Waals surface area (Å²) in [5.41, 5.74) is -0.300. The van der Waals surface area contributed by atoms with Crippen LogP contribution >= 0.6 is 0 Å². The summed E-state index contributed by atoms with van der Waals surface area (Å²) in [5, 5.41) is 0. The Bertz CT molecular complexity index is 802. The number of urea groups is 1. The molecule has 2 aliphatic rings. The highest BCUT2D eigenvalue weighted by Gasteiger charge is 2.49. The molecule has 0 saturated carbocycles. The van der Waals surface area contributed by atoms with Gasteiger partial charge >= 0.3 is 12.4 Å². The van der Waals surface area contributed by atoms with Crippen molar-refractivity contribution in [3.05, 3.63) is 24.3 Å². The molecule has 152 valence electrons. The van der Waals surface area contributed by atoms with Gasteiger partial charge in [-0.1, -0.05) is 0 Å². The molecule has 0 radical (unpaired) electrons. The van der Waals surface area contributed by atoms with E-state index in [1.807, 2.05) is 0 Å². The predicted octanol–water partition coefficient (Wildman–Crippen LogP) is 2.75. The van der Waals surface area contributed by atoms with Crippen molar-refractivity contribution in [1.82, 2.24) is 9.80 Å². The summed E-state index contributed by atoms with van der Waals surface area (Å²) in [7, 11) is 0. The Balaban J connectivity index is 1.73. The van der Waals surface area contributed by atoms with Gasteiger partial charge in [-0.25, -0.2) is 4.79 Å². The number of anilines is 1. The molecule has 1 atom stereocenters. The van der Waals surface area contributed by atoms with Crippen molar-refractivity contribution in [1.29, 1.82) is 0 Å². The molecule has 2 aliphatic heterocycles. The highest BCUT2D eigenvalue weighted by molar-refractivity contribution is 6.07. The summed E-state index contributed by atoms with van der Waals surface area (Å²) in [6.45, 7) is 5.33. The molecule has 4 amide bonds. The summed E-state index contributed by atoms with van der Waals surface area (Å²) < 4.78 is 40.6. The average Bonchev–Trinajstić information content (AvgIpc) is 3.05. The van der Waals surface area contributed by atoms with Gasteiger partial charge in [0.15, 0.2) is 0 Å². The molecule has 0 spiro atoms. The standard InChI is InChI=1S/C18H20F3N3O4/c1-17(2,3)24-14(25)10-23(16(24)27)13-8-9-22(15(13)26)11-4-6-12(7-5-11)28-18(19,20)21/h4-7,13H,8-10H2,1-3H3. The number of alkyl halides is 3. The van der Waals surface area contributed by atoms with E-state index in [4.69, 9.17) is 0 Å². The highest BCUT2D eigenvalue weighted by Crippen LogP contribution is 2.31. The molecule has 0 aromatic heterocycles. The van der Waals surface area contributed by atoms with Crippen molar-refractivity contribution in [2.75, 3.05) is 18.0 Å². The Morgan fingerprint density at radius 1 is 1.04 bits per heavy atom. The third-order valence-electron chi connectivity index (χ3n) is 4.60. The molecule has 10 heteroatoms. The minimum absolute atomic E-state index is 0.168. The van der Waals surface area contributed by atoms with Gasteiger partial charge < -0.3 is 14.5 Å². The van der Waals surface area contributed by atoms with Crippen LogP contribution in [0.15, 0.2) is 24.3 Å². The second kappa shape index (κ2) is 6.68. The molecule has 7 nitrogen and oxygen atoms in total. The normalized spacial score (nSPS) is 21.1. The lowest BCUT2D eigenvalue weighted by atomic mass is 10.1.